The first-order valence-corrected chi connectivity index (χ1v) is 7.89. The summed E-state index contributed by atoms with van der Waals surface area (Å²) in [4.78, 5) is 13.1. The first-order chi connectivity index (χ1) is 9.94. The molecule has 6 heteroatoms. The van der Waals surface area contributed by atoms with Gasteiger partial charge in [0.05, 0.1) is 5.41 Å². The van der Waals surface area contributed by atoms with Gasteiger partial charge in [0.1, 0.15) is 0 Å². The maximum atomic E-state index is 12.6. The molecule has 0 aliphatic carbocycles. The lowest BCUT2D eigenvalue weighted by molar-refractivity contribution is -0.126. The summed E-state index contributed by atoms with van der Waals surface area (Å²) in [5.41, 5.74) is 0.252. The fraction of sp³-hybridized carbons (Fsp3) is 0.533. The average molecular weight is 314 g/mol. The molecule has 21 heavy (non-hydrogen) atoms. The summed E-state index contributed by atoms with van der Waals surface area (Å²) in [6.07, 6.45) is 0.815. The molecule has 1 aliphatic rings. The highest BCUT2D eigenvalue weighted by Gasteiger charge is 2.43. The van der Waals surface area contributed by atoms with Gasteiger partial charge in [0, 0.05) is 17.1 Å². The first-order valence-electron chi connectivity index (χ1n) is 7.01. The minimum Gasteiger partial charge on any atom is -0.326 e. The van der Waals surface area contributed by atoms with Crippen LogP contribution in [0.4, 0.5) is 14.5 Å². The highest BCUT2D eigenvalue weighted by atomic mass is 32.2. The van der Waals surface area contributed by atoms with Crippen LogP contribution in [0.5, 0.6) is 0 Å². The molecule has 1 fully saturated rings. The van der Waals surface area contributed by atoms with E-state index in [9.17, 15) is 13.6 Å². The van der Waals surface area contributed by atoms with Crippen LogP contribution < -0.4 is 10.6 Å². The number of hydrogen-bond acceptors (Lipinski definition) is 3. The summed E-state index contributed by atoms with van der Waals surface area (Å²) in [7, 11) is 0. The van der Waals surface area contributed by atoms with E-state index in [0.717, 1.165) is 13.0 Å². The zero-order chi connectivity index (χ0) is 15.5. The molecule has 1 saturated heterocycles. The van der Waals surface area contributed by atoms with E-state index in [0.29, 0.717) is 28.9 Å². The Bertz CT molecular complexity index is 485. The topological polar surface area (TPSA) is 41.1 Å². The Hall–Kier alpha value is -1.14. The fourth-order valence-electron chi connectivity index (χ4n) is 2.64. The fourth-order valence-corrected chi connectivity index (χ4v) is 3.13. The van der Waals surface area contributed by atoms with E-state index in [1.54, 1.807) is 24.3 Å². The molecule has 0 spiro atoms. The van der Waals surface area contributed by atoms with Gasteiger partial charge in [-0.25, -0.2) is 0 Å². The number of nitrogens with one attached hydrogen (secondary N) is 2. The maximum Gasteiger partial charge on any atom is 0.288 e. The SMILES string of the molecule is CC(C)C1(C(=O)Nc2ccc(SC(F)F)cc2)CCNC1. The summed E-state index contributed by atoms with van der Waals surface area (Å²) in [6, 6.07) is 6.53. The molecule has 3 nitrogen and oxygen atoms in total. The summed E-state index contributed by atoms with van der Waals surface area (Å²) in [5, 5.41) is 6.16. The Morgan fingerprint density at radius 3 is 2.48 bits per heavy atom. The lowest BCUT2D eigenvalue weighted by atomic mass is 9.75. The Labute approximate surface area is 127 Å². The van der Waals surface area contributed by atoms with Gasteiger partial charge in [-0.2, -0.15) is 8.78 Å². The lowest BCUT2D eigenvalue weighted by Gasteiger charge is -2.31. The van der Waals surface area contributed by atoms with Crippen molar-refractivity contribution in [1.29, 1.82) is 0 Å². The molecule has 1 aromatic carbocycles. The predicted molar refractivity (Wildman–Crippen MR) is 81.7 cm³/mol. The number of anilines is 1. The van der Waals surface area contributed by atoms with Crippen LogP contribution in [-0.2, 0) is 4.79 Å². The lowest BCUT2D eigenvalue weighted by Crippen LogP contribution is -2.42. The van der Waals surface area contributed by atoms with Gasteiger partial charge in [0.25, 0.3) is 5.76 Å². The molecule has 1 aromatic rings. The molecule has 0 bridgehead atoms. The van der Waals surface area contributed by atoms with Crippen molar-refractivity contribution in [2.24, 2.45) is 11.3 Å². The van der Waals surface area contributed by atoms with Crippen LogP contribution in [0.1, 0.15) is 20.3 Å². The van der Waals surface area contributed by atoms with Gasteiger partial charge < -0.3 is 10.6 Å². The van der Waals surface area contributed by atoms with Gasteiger partial charge in [0.2, 0.25) is 5.91 Å². The number of alkyl halides is 2. The van der Waals surface area contributed by atoms with Crippen molar-refractivity contribution in [3.05, 3.63) is 24.3 Å². The number of rotatable bonds is 5. The molecule has 1 amide bonds. The van der Waals surface area contributed by atoms with Crippen molar-refractivity contribution in [2.45, 2.75) is 30.9 Å². The number of benzene rings is 1. The number of carbonyl (C=O) groups is 1. The molecule has 116 valence electrons. The minimum atomic E-state index is -2.43. The molecular formula is C15H20F2N2OS. The Kier molecular flexibility index (Phi) is 5.22. The monoisotopic (exact) mass is 314 g/mol. The molecule has 0 radical (unpaired) electrons. The third-order valence-electron chi connectivity index (χ3n) is 4.08. The standard InChI is InChI=1S/C15H20F2N2OS/c1-10(2)15(7-8-18-9-15)13(20)19-11-3-5-12(6-4-11)21-14(16)17/h3-6,10,14,18H,7-9H2,1-2H3,(H,19,20). The van der Waals surface area contributed by atoms with E-state index in [1.165, 1.54) is 0 Å². The normalized spacial score (nSPS) is 22.0. The van der Waals surface area contributed by atoms with Crippen LogP contribution >= 0.6 is 11.8 Å². The number of amides is 1. The van der Waals surface area contributed by atoms with E-state index in [2.05, 4.69) is 24.5 Å². The summed E-state index contributed by atoms with van der Waals surface area (Å²) < 4.78 is 24.5. The molecule has 0 saturated carbocycles. The molecule has 2 N–H and O–H groups in total. The van der Waals surface area contributed by atoms with Gasteiger partial charge in [-0.15, -0.1) is 0 Å². The zero-order valence-electron chi connectivity index (χ0n) is 12.2. The van der Waals surface area contributed by atoms with Crippen molar-refractivity contribution in [3.8, 4) is 0 Å². The van der Waals surface area contributed by atoms with Crippen LogP contribution in [0, 0.1) is 11.3 Å². The zero-order valence-corrected chi connectivity index (χ0v) is 13.0. The Morgan fingerprint density at radius 2 is 2.00 bits per heavy atom. The molecule has 1 unspecified atom stereocenters. The molecule has 0 aromatic heterocycles. The van der Waals surface area contributed by atoms with Crippen molar-refractivity contribution in [1.82, 2.24) is 5.32 Å². The summed E-state index contributed by atoms with van der Waals surface area (Å²) in [6.45, 7) is 5.62. The third kappa shape index (κ3) is 3.74. The van der Waals surface area contributed by atoms with Crippen LogP contribution in [0.15, 0.2) is 29.2 Å². The van der Waals surface area contributed by atoms with Crippen molar-refractivity contribution in [2.75, 3.05) is 18.4 Å². The Balaban J connectivity index is 2.05. The molecule has 1 heterocycles. The van der Waals surface area contributed by atoms with Crippen molar-refractivity contribution in [3.63, 3.8) is 0 Å². The minimum absolute atomic E-state index is 0.00300. The van der Waals surface area contributed by atoms with Gasteiger partial charge in [-0.3, -0.25) is 4.79 Å². The second-order valence-electron chi connectivity index (χ2n) is 5.59. The second kappa shape index (κ2) is 6.75. The van der Waals surface area contributed by atoms with Gasteiger partial charge in [-0.05, 0) is 43.1 Å². The smallest absolute Gasteiger partial charge is 0.288 e. The predicted octanol–water partition coefficient (Wildman–Crippen LogP) is 3.58. The highest BCUT2D eigenvalue weighted by Crippen LogP contribution is 2.35. The molecular weight excluding hydrogens is 294 g/mol. The van der Waals surface area contributed by atoms with Crippen molar-refractivity contribution >= 4 is 23.4 Å². The van der Waals surface area contributed by atoms with E-state index in [4.69, 9.17) is 0 Å². The Morgan fingerprint density at radius 1 is 1.33 bits per heavy atom. The van der Waals surface area contributed by atoms with Crippen LogP contribution in [-0.4, -0.2) is 24.8 Å². The molecule has 2 rings (SSSR count). The summed E-state index contributed by atoms with van der Waals surface area (Å²) in [5.74, 6) is -2.20. The van der Waals surface area contributed by atoms with Gasteiger partial charge >= 0.3 is 0 Å². The summed E-state index contributed by atoms with van der Waals surface area (Å²) >= 11 is 0.499. The molecule has 1 atom stereocenters. The third-order valence-corrected chi connectivity index (χ3v) is 4.81. The quantitative estimate of drug-likeness (QED) is 0.816. The van der Waals surface area contributed by atoms with Gasteiger partial charge in [0.15, 0.2) is 0 Å². The largest absolute Gasteiger partial charge is 0.326 e. The van der Waals surface area contributed by atoms with E-state index < -0.39 is 11.2 Å². The van der Waals surface area contributed by atoms with E-state index in [1.807, 2.05) is 0 Å². The van der Waals surface area contributed by atoms with Crippen LogP contribution in [0.2, 0.25) is 0 Å². The van der Waals surface area contributed by atoms with Crippen LogP contribution in [0.3, 0.4) is 0 Å². The number of thioether (sulfide) groups is 1. The second-order valence-corrected chi connectivity index (χ2v) is 6.66. The van der Waals surface area contributed by atoms with Gasteiger partial charge in [-0.1, -0.05) is 25.6 Å². The first kappa shape index (κ1) is 16.2. The van der Waals surface area contributed by atoms with Crippen LogP contribution in [0.25, 0.3) is 0 Å². The maximum absolute atomic E-state index is 12.6. The van der Waals surface area contributed by atoms with E-state index in [-0.39, 0.29) is 11.8 Å². The van der Waals surface area contributed by atoms with E-state index >= 15 is 0 Å². The average Bonchev–Trinajstić information content (AvgIpc) is 2.91. The molecule has 1 aliphatic heterocycles. The number of hydrogen-bond donors (Lipinski definition) is 2. The highest BCUT2D eigenvalue weighted by molar-refractivity contribution is 7.99. The van der Waals surface area contributed by atoms with Crippen molar-refractivity contribution < 1.29 is 13.6 Å². The number of carbonyl (C=O) groups excluding carboxylic acids is 1. The number of halogens is 2.